The number of nitrogens with zero attached hydrogens (tertiary/aromatic N) is 1. The zero-order valence-corrected chi connectivity index (χ0v) is 13.5. The third-order valence-corrected chi connectivity index (χ3v) is 5.28. The summed E-state index contributed by atoms with van der Waals surface area (Å²) in [6.07, 6.45) is 4.90. The molecule has 4 heteroatoms. The summed E-state index contributed by atoms with van der Waals surface area (Å²) < 4.78 is 5.31. The van der Waals surface area contributed by atoms with Crippen molar-refractivity contribution in [2.75, 3.05) is 27.2 Å². The second kappa shape index (κ2) is 6.69. The molecule has 1 aliphatic heterocycles. The van der Waals surface area contributed by atoms with Crippen LogP contribution in [0.15, 0.2) is 24.3 Å². The SMILES string of the molecule is COc1ccccc1C(=O)NC1CCC[C@@H]2CCN(C)C[C@H]12. The summed E-state index contributed by atoms with van der Waals surface area (Å²) >= 11 is 0. The van der Waals surface area contributed by atoms with Gasteiger partial charge in [0.2, 0.25) is 0 Å². The van der Waals surface area contributed by atoms with Crippen LogP contribution in [0.1, 0.15) is 36.0 Å². The fourth-order valence-electron chi connectivity index (χ4n) is 4.09. The van der Waals surface area contributed by atoms with Crippen LogP contribution in [0.5, 0.6) is 5.75 Å². The fraction of sp³-hybridized carbons (Fsp3) is 0.611. The highest BCUT2D eigenvalue weighted by Crippen LogP contribution is 2.36. The first-order chi connectivity index (χ1) is 10.7. The molecule has 1 aromatic rings. The van der Waals surface area contributed by atoms with Crippen LogP contribution in [0.2, 0.25) is 0 Å². The summed E-state index contributed by atoms with van der Waals surface area (Å²) in [6.45, 7) is 2.29. The van der Waals surface area contributed by atoms with Gasteiger partial charge < -0.3 is 15.0 Å². The molecule has 0 aromatic heterocycles. The number of nitrogens with one attached hydrogen (secondary N) is 1. The van der Waals surface area contributed by atoms with E-state index in [0.29, 0.717) is 23.3 Å². The number of hydrogen-bond donors (Lipinski definition) is 1. The van der Waals surface area contributed by atoms with Crippen LogP contribution < -0.4 is 10.1 Å². The lowest BCUT2D eigenvalue weighted by Crippen LogP contribution is -2.52. The Morgan fingerprint density at radius 1 is 1.27 bits per heavy atom. The smallest absolute Gasteiger partial charge is 0.255 e. The summed E-state index contributed by atoms with van der Waals surface area (Å²) in [6, 6.07) is 7.74. The number of para-hydroxylation sites is 1. The second-order valence-electron chi connectivity index (χ2n) is 6.69. The molecule has 0 bridgehead atoms. The molecule has 3 rings (SSSR count). The summed E-state index contributed by atoms with van der Waals surface area (Å²) in [7, 11) is 3.79. The molecule has 1 saturated carbocycles. The molecule has 1 N–H and O–H groups in total. The Hall–Kier alpha value is -1.55. The summed E-state index contributed by atoms with van der Waals surface area (Å²) in [5.41, 5.74) is 0.635. The number of rotatable bonds is 3. The lowest BCUT2D eigenvalue weighted by atomic mass is 9.72. The van der Waals surface area contributed by atoms with E-state index in [2.05, 4.69) is 17.3 Å². The van der Waals surface area contributed by atoms with Gasteiger partial charge in [0, 0.05) is 12.6 Å². The number of amides is 1. The largest absolute Gasteiger partial charge is 0.496 e. The van der Waals surface area contributed by atoms with Crippen LogP contribution in [-0.4, -0.2) is 44.1 Å². The highest BCUT2D eigenvalue weighted by molar-refractivity contribution is 5.97. The van der Waals surface area contributed by atoms with Gasteiger partial charge >= 0.3 is 0 Å². The van der Waals surface area contributed by atoms with Gasteiger partial charge in [0.05, 0.1) is 12.7 Å². The van der Waals surface area contributed by atoms with E-state index in [4.69, 9.17) is 4.74 Å². The molecule has 2 fully saturated rings. The number of fused-ring (bicyclic) bond motifs is 1. The third-order valence-electron chi connectivity index (χ3n) is 5.28. The number of methoxy groups -OCH3 is 1. The summed E-state index contributed by atoms with van der Waals surface area (Å²) in [5, 5.41) is 3.28. The van der Waals surface area contributed by atoms with Gasteiger partial charge in [-0.25, -0.2) is 0 Å². The maximum Gasteiger partial charge on any atom is 0.255 e. The minimum Gasteiger partial charge on any atom is -0.496 e. The Balaban J connectivity index is 1.72. The minimum atomic E-state index is -0.00340. The van der Waals surface area contributed by atoms with Gasteiger partial charge in [-0.3, -0.25) is 4.79 Å². The molecule has 3 atom stereocenters. The van der Waals surface area contributed by atoms with Crippen LogP contribution in [0.3, 0.4) is 0 Å². The number of carbonyl (C=O) groups excluding carboxylic acids is 1. The van der Waals surface area contributed by atoms with Crippen molar-refractivity contribution in [2.45, 2.75) is 31.7 Å². The van der Waals surface area contributed by atoms with E-state index in [1.165, 1.54) is 25.8 Å². The van der Waals surface area contributed by atoms with Crippen LogP contribution in [0, 0.1) is 11.8 Å². The summed E-state index contributed by atoms with van der Waals surface area (Å²) in [4.78, 5) is 15.0. The molecule has 1 aromatic carbocycles. The van der Waals surface area contributed by atoms with Crippen molar-refractivity contribution in [3.8, 4) is 5.75 Å². The van der Waals surface area contributed by atoms with Crippen molar-refractivity contribution in [3.63, 3.8) is 0 Å². The van der Waals surface area contributed by atoms with Crippen molar-refractivity contribution in [1.29, 1.82) is 0 Å². The van der Waals surface area contributed by atoms with Gasteiger partial charge in [-0.15, -0.1) is 0 Å². The number of ether oxygens (including phenoxy) is 1. The van der Waals surface area contributed by atoms with Crippen LogP contribution in [0.25, 0.3) is 0 Å². The Morgan fingerprint density at radius 2 is 2.09 bits per heavy atom. The standard InChI is InChI=1S/C18H26N2O2/c1-20-11-10-13-6-5-8-16(15(13)12-20)19-18(21)14-7-3-4-9-17(14)22-2/h3-4,7,9,13,15-16H,5-6,8,10-12H2,1-2H3,(H,19,21)/t13-,15+,16?/m1/s1. The zero-order chi connectivity index (χ0) is 15.5. The Labute approximate surface area is 132 Å². The molecule has 1 unspecified atom stereocenters. The van der Waals surface area contributed by atoms with E-state index in [-0.39, 0.29) is 5.91 Å². The lowest BCUT2D eigenvalue weighted by Gasteiger charge is -2.44. The van der Waals surface area contributed by atoms with E-state index in [0.717, 1.165) is 18.9 Å². The number of piperidine rings is 1. The van der Waals surface area contributed by atoms with Crippen molar-refractivity contribution in [3.05, 3.63) is 29.8 Å². The van der Waals surface area contributed by atoms with Gasteiger partial charge in [0.15, 0.2) is 0 Å². The molecule has 0 spiro atoms. The second-order valence-corrected chi connectivity index (χ2v) is 6.69. The van der Waals surface area contributed by atoms with E-state index in [1.54, 1.807) is 7.11 Å². The summed E-state index contributed by atoms with van der Waals surface area (Å²) in [5.74, 6) is 2.00. The topological polar surface area (TPSA) is 41.6 Å². The molecule has 22 heavy (non-hydrogen) atoms. The van der Waals surface area contributed by atoms with Gasteiger partial charge in [-0.05, 0) is 56.8 Å². The molecule has 4 nitrogen and oxygen atoms in total. The van der Waals surface area contributed by atoms with E-state index in [1.807, 2.05) is 24.3 Å². The minimum absolute atomic E-state index is 0.00340. The number of carbonyl (C=O) groups is 1. The Morgan fingerprint density at radius 3 is 2.91 bits per heavy atom. The lowest BCUT2D eigenvalue weighted by molar-refractivity contribution is 0.0649. The normalized spacial score (nSPS) is 28.7. The van der Waals surface area contributed by atoms with Gasteiger partial charge in [-0.1, -0.05) is 18.6 Å². The van der Waals surface area contributed by atoms with Crippen molar-refractivity contribution in [2.24, 2.45) is 11.8 Å². The predicted molar refractivity (Wildman–Crippen MR) is 87.2 cm³/mol. The monoisotopic (exact) mass is 302 g/mol. The molecule has 1 heterocycles. The Bertz CT molecular complexity index is 532. The van der Waals surface area contributed by atoms with E-state index >= 15 is 0 Å². The highest BCUT2D eigenvalue weighted by Gasteiger charge is 2.37. The first-order valence-corrected chi connectivity index (χ1v) is 8.31. The zero-order valence-electron chi connectivity index (χ0n) is 13.5. The molecular weight excluding hydrogens is 276 g/mol. The third kappa shape index (κ3) is 3.12. The number of likely N-dealkylation sites (tertiary alicyclic amines) is 1. The fourth-order valence-corrected chi connectivity index (χ4v) is 4.09. The van der Waals surface area contributed by atoms with Crippen LogP contribution in [0.4, 0.5) is 0 Å². The van der Waals surface area contributed by atoms with Crippen molar-refractivity contribution < 1.29 is 9.53 Å². The molecule has 120 valence electrons. The van der Waals surface area contributed by atoms with Gasteiger partial charge in [0.25, 0.3) is 5.91 Å². The van der Waals surface area contributed by atoms with Crippen LogP contribution in [-0.2, 0) is 0 Å². The van der Waals surface area contributed by atoms with Gasteiger partial charge in [-0.2, -0.15) is 0 Å². The highest BCUT2D eigenvalue weighted by atomic mass is 16.5. The molecule has 2 aliphatic rings. The molecule has 1 saturated heterocycles. The van der Waals surface area contributed by atoms with E-state index in [9.17, 15) is 4.79 Å². The predicted octanol–water partition coefficient (Wildman–Crippen LogP) is 2.55. The molecule has 1 aliphatic carbocycles. The average molecular weight is 302 g/mol. The number of benzene rings is 1. The molecule has 0 radical (unpaired) electrons. The van der Waals surface area contributed by atoms with Gasteiger partial charge in [0.1, 0.15) is 5.75 Å². The number of hydrogen-bond acceptors (Lipinski definition) is 3. The van der Waals surface area contributed by atoms with E-state index < -0.39 is 0 Å². The molecule has 1 amide bonds. The first kappa shape index (κ1) is 15.3. The maximum absolute atomic E-state index is 12.6. The molecular formula is C18H26N2O2. The first-order valence-electron chi connectivity index (χ1n) is 8.31. The maximum atomic E-state index is 12.6. The Kier molecular flexibility index (Phi) is 4.67. The van der Waals surface area contributed by atoms with Crippen molar-refractivity contribution in [1.82, 2.24) is 10.2 Å². The van der Waals surface area contributed by atoms with Crippen LogP contribution >= 0.6 is 0 Å². The quantitative estimate of drug-likeness (QED) is 0.933. The van der Waals surface area contributed by atoms with Crippen molar-refractivity contribution >= 4 is 5.91 Å². The average Bonchev–Trinajstić information content (AvgIpc) is 2.55.